The first-order valence-corrected chi connectivity index (χ1v) is 8.38. The topological polar surface area (TPSA) is 92.1 Å². The van der Waals surface area contributed by atoms with E-state index in [-0.39, 0.29) is 23.0 Å². The number of thioether (sulfide) groups is 1. The SMILES string of the molecule is CCN(C(=O)CSc1nc(N)cc(=O)[nH]1)C1CCCCC1. The maximum atomic E-state index is 12.4. The Bertz CT molecular complexity index is 540. The van der Waals surface area contributed by atoms with E-state index >= 15 is 0 Å². The molecule has 21 heavy (non-hydrogen) atoms. The van der Waals surface area contributed by atoms with Crippen LogP contribution in [-0.4, -0.2) is 39.1 Å². The molecule has 0 unspecified atom stereocenters. The van der Waals surface area contributed by atoms with Crippen LogP contribution in [0.5, 0.6) is 0 Å². The number of hydrogen-bond donors (Lipinski definition) is 2. The van der Waals surface area contributed by atoms with E-state index in [9.17, 15) is 9.59 Å². The molecular weight excluding hydrogens is 288 g/mol. The molecule has 3 N–H and O–H groups in total. The summed E-state index contributed by atoms with van der Waals surface area (Å²) in [4.78, 5) is 32.2. The highest BCUT2D eigenvalue weighted by atomic mass is 32.2. The molecule has 0 spiro atoms. The van der Waals surface area contributed by atoms with Crippen LogP contribution in [0.25, 0.3) is 0 Å². The minimum Gasteiger partial charge on any atom is -0.383 e. The Labute approximate surface area is 128 Å². The lowest BCUT2D eigenvalue weighted by Gasteiger charge is -2.33. The maximum absolute atomic E-state index is 12.4. The van der Waals surface area contributed by atoms with Gasteiger partial charge in [0.05, 0.1) is 5.75 Å². The molecule has 0 aliphatic heterocycles. The molecular formula is C14H22N4O2S. The molecule has 0 radical (unpaired) electrons. The van der Waals surface area contributed by atoms with Crippen molar-refractivity contribution in [1.29, 1.82) is 0 Å². The van der Waals surface area contributed by atoms with Crippen LogP contribution in [0.2, 0.25) is 0 Å². The van der Waals surface area contributed by atoms with Crippen molar-refractivity contribution >= 4 is 23.5 Å². The molecule has 1 amide bonds. The molecule has 0 aromatic carbocycles. The number of anilines is 1. The van der Waals surface area contributed by atoms with Crippen LogP contribution in [0.3, 0.4) is 0 Å². The van der Waals surface area contributed by atoms with E-state index in [2.05, 4.69) is 9.97 Å². The molecule has 0 bridgehead atoms. The first kappa shape index (κ1) is 15.9. The first-order chi connectivity index (χ1) is 10.1. The number of nitrogens with zero attached hydrogens (tertiary/aromatic N) is 2. The summed E-state index contributed by atoms with van der Waals surface area (Å²) in [6.07, 6.45) is 5.86. The molecule has 1 aromatic heterocycles. The van der Waals surface area contributed by atoms with Gasteiger partial charge in [0.25, 0.3) is 5.56 Å². The van der Waals surface area contributed by atoms with E-state index in [1.807, 2.05) is 11.8 Å². The molecule has 1 aromatic rings. The van der Waals surface area contributed by atoms with Crippen molar-refractivity contribution in [3.05, 3.63) is 16.4 Å². The van der Waals surface area contributed by atoms with Gasteiger partial charge in [0, 0.05) is 18.7 Å². The number of nitrogen functional groups attached to an aromatic ring is 1. The molecule has 0 atom stereocenters. The van der Waals surface area contributed by atoms with Gasteiger partial charge in [0.15, 0.2) is 5.16 Å². The minimum atomic E-state index is -0.294. The van der Waals surface area contributed by atoms with Gasteiger partial charge in [0.1, 0.15) is 5.82 Å². The van der Waals surface area contributed by atoms with E-state index in [0.717, 1.165) is 19.4 Å². The molecule has 1 fully saturated rings. The van der Waals surface area contributed by atoms with Gasteiger partial charge in [0.2, 0.25) is 5.91 Å². The van der Waals surface area contributed by atoms with Crippen LogP contribution >= 0.6 is 11.8 Å². The highest BCUT2D eigenvalue weighted by molar-refractivity contribution is 7.99. The average molecular weight is 310 g/mol. The van der Waals surface area contributed by atoms with Crippen LogP contribution in [0.4, 0.5) is 5.82 Å². The number of H-pyrrole nitrogens is 1. The molecule has 1 heterocycles. The van der Waals surface area contributed by atoms with Gasteiger partial charge in [-0.15, -0.1) is 0 Å². The van der Waals surface area contributed by atoms with E-state index < -0.39 is 0 Å². The second-order valence-electron chi connectivity index (χ2n) is 5.24. The fraction of sp³-hybridized carbons (Fsp3) is 0.643. The summed E-state index contributed by atoms with van der Waals surface area (Å²) in [5, 5.41) is 0.396. The predicted molar refractivity (Wildman–Crippen MR) is 84.3 cm³/mol. The third-order valence-corrected chi connectivity index (χ3v) is 4.61. The third-order valence-electron chi connectivity index (χ3n) is 3.75. The van der Waals surface area contributed by atoms with Gasteiger partial charge in [-0.05, 0) is 19.8 Å². The Morgan fingerprint density at radius 2 is 2.19 bits per heavy atom. The van der Waals surface area contributed by atoms with Crippen LogP contribution in [-0.2, 0) is 4.79 Å². The third kappa shape index (κ3) is 4.49. The lowest BCUT2D eigenvalue weighted by Crippen LogP contribution is -2.42. The van der Waals surface area contributed by atoms with Crippen molar-refractivity contribution in [3.63, 3.8) is 0 Å². The van der Waals surface area contributed by atoms with Gasteiger partial charge in [-0.3, -0.25) is 9.59 Å². The van der Waals surface area contributed by atoms with Gasteiger partial charge in [-0.2, -0.15) is 0 Å². The number of aromatic amines is 1. The summed E-state index contributed by atoms with van der Waals surface area (Å²) < 4.78 is 0. The number of nitrogens with two attached hydrogens (primary N) is 1. The zero-order chi connectivity index (χ0) is 15.2. The lowest BCUT2D eigenvalue weighted by molar-refractivity contribution is -0.131. The summed E-state index contributed by atoms with van der Waals surface area (Å²) in [5.74, 6) is 0.546. The Kier molecular flexibility index (Phi) is 5.67. The second-order valence-corrected chi connectivity index (χ2v) is 6.20. The zero-order valence-corrected chi connectivity index (χ0v) is 13.1. The van der Waals surface area contributed by atoms with Crippen LogP contribution < -0.4 is 11.3 Å². The molecule has 1 aliphatic rings. The standard InChI is InChI=1S/C14H22N4O2S/c1-2-18(10-6-4-3-5-7-10)13(20)9-21-14-16-11(15)8-12(19)17-14/h8,10H,2-7,9H2,1H3,(H3,15,16,17,19). The molecule has 1 aliphatic carbocycles. The van der Waals surface area contributed by atoms with Crippen molar-refractivity contribution in [2.45, 2.75) is 50.2 Å². The molecule has 6 nitrogen and oxygen atoms in total. The number of amides is 1. The molecule has 2 rings (SSSR count). The van der Waals surface area contributed by atoms with Crippen molar-refractivity contribution in [3.8, 4) is 0 Å². The van der Waals surface area contributed by atoms with Crippen LogP contribution in [0, 0.1) is 0 Å². The summed E-state index contributed by atoms with van der Waals surface area (Å²) in [6.45, 7) is 2.74. The first-order valence-electron chi connectivity index (χ1n) is 7.39. The van der Waals surface area contributed by atoms with Crippen molar-refractivity contribution in [2.24, 2.45) is 0 Å². The fourth-order valence-corrected chi connectivity index (χ4v) is 3.53. The number of nitrogens with one attached hydrogen (secondary N) is 1. The Hall–Kier alpha value is -1.50. The average Bonchev–Trinajstić information content (AvgIpc) is 2.46. The smallest absolute Gasteiger partial charge is 0.253 e. The second kappa shape index (κ2) is 7.49. The minimum absolute atomic E-state index is 0.0967. The molecule has 1 saturated carbocycles. The highest BCUT2D eigenvalue weighted by Crippen LogP contribution is 2.23. The van der Waals surface area contributed by atoms with E-state index in [1.54, 1.807) is 0 Å². The number of rotatable bonds is 5. The summed E-state index contributed by atoms with van der Waals surface area (Å²) in [5.41, 5.74) is 5.23. The van der Waals surface area contributed by atoms with Gasteiger partial charge in [-0.25, -0.2) is 4.98 Å². The number of aromatic nitrogens is 2. The maximum Gasteiger partial charge on any atom is 0.253 e. The van der Waals surface area contributed by atoms with Gasteiger partial charge in [-0.1, -0.05) is 31.0 Å². The quantitative estimate of drug-likeness (QED) is 0.637. The molecule has 7 heteroatoms. The highest BCUT2D eigenvalue weighted by Gasteiger charge is 2.24. The largest absolute Gasteiger partial charge is 0.383 e. The Morgan fingerprint density at radius 1 is 1.48 bits per heavy atom. The zero-order valence-electron chi connectivity index (χ0n) is 12.3. The summed E-state index contributed by atoms with van der Waals surface area (Å²) in [7, 11) is 0. The van der Waals surface area contributed by atoms with Crippen LogP contribution in [0.1, 0.15) is 39.0 Å². The van der Waals surface area contributed by atoms with Crippen LogP contribution in [0.15, 0.2) is 16.0 Å². The number of carbonyl (C=O) groups excluding carboxylic acids is 1. The monoisotopic (exact) mass is 310 g/mol. The van der Waals surface area contributed by atoms with Crippen molar-refractivity contribution in [2.75, 3.05) is 18.0 Å². The fourth-order valence-electron chi connectivity index (χ4n) is 2.77. The van der Waals surface area contributed by atoms with E-state index in [0.29, 0.717) is 11.2 Å². The number of carbonyl (C=O) groups is 1. The number of hydrogen-bond acceptors (Lipinski definition) is 5. The predicted octanol–water partition coefficient (Wildman–Crippen LogP) is 1.63. The van der Waals surface area contributed by atoms with Crippen molar-refractivity contribution in [1.82, 2.24) is 14.9 Å². The van der Waals surface area contributed by atoms with Gasteiger partial charge >= 0.3 is 0 Å². The lowest BCUT2D eigenvalue weighted by atomic mass is 9.94. The summed E-state index contributed by atoms with van der Waals surface area (Å²) >= 11 is 1.23. The Morgan fingerprint density at radius 3 is 2.81 bits per heavy atom. The van der Waals surface area contributed by atoms with Gasteiger partial charge < -0.3 is 15.6 Å². The molecule has 116 valence electrons. The normalized spacial score (nSPS) is 15.9. The van der Waals surface area contributed by atoms with E-state index in [1.165, 1.54) is 37.1 Å². The Balaban J connectivity index is 1.94. The summed E-state index contributed by atoms with van der Waals surface area (Å²) in [6, 6.07) is 1.59. The van der Waals surface area contributed by atoms with E-state index in [4.69, 9.17) is 5.73 Å². The van der Waals surface area contributed by atoms with Crippen molar-refractivity contribution < 1.29 is 4.79 Å². The molecule has 0 saturated heterocycles.